The number of likely N-dealkylation sites (N-methyl/N-ethyl adjacent to an activating group) is 1. The van der Waals surface area contributed by atoms with Gasteiger partial charge in [-0.3, -0.25) is 0 Å². The van der Waals surface area contributed by atoms with E-state index in [0.717, 1.165) is 37.9 Å². The molecule has 12 heteroatoms. The van der Waals surface area contributed by atoms with Gasteiger partial charge in [0.1, 0.15) is 5.82 Å². The maximum absolute atomic E-state index is 13.2. The summed E-state index contributed by atoms with van der Waals surface area (Å²) in [6, 6.07) is 2.00. The van der Waals surface area contributed by atoms with Crippen molar-refractivity contribution in [3.63, 3.8) is 0 Å². The van der Waals surface area contributed by atoms with Gasteiger partial charge >= 0.3 is 6.18 Å². The van der Waals surface area contributed by atoms with E-state index in [2.05, 4.69) is 24.8 Å². The van der Waals surface area contributed by atoms with Crippen molar-refractivity contribution in [2.24, 2.45) is 0 Å². The Bertz CT molecular complexity index is 1110. The molecule has 9 nitrogen and oxygen atoms in total. The summed E-state index contributed by atoms with van der Waals surface area (Å²) < 4.78 is 46.3. The van der Waals surface area contributed by atoms with E-state index in [-0.39, 0.29) is 11.7 Å². The van der Waals surface area contributed by atoms with Crippen molar-refractivity contribution < 1.29 is 17.9 Å². The van der Waals surface area contributed by atoms with Gasteiger partial charge in [-0.2, -0.15) is 18.2 Å². The second-order valence-electron chi connectivity index (χ2n) is 8.27. The molecule has 33 heavy (non-hydrogen) atoms. The van der Waals surface area contributed by atoms with Gasteiger partial charge in [0, 0.05) is 64.1 Å². The molecule has 5 rings (SSSR count). The maximum Gasteiger partial charge on any atom is 0.434 e. The first-order valence-corrected chi connectivity index (χ1v) is 10.9. The molecule has 176 valence electrons. The normalized spacial score (nSPS) is 19.8. The first-order valence-electron chi connectivity index (χ1n) is 10.9. The Kier molecular flexibility index (Phi) is 5.69. The van der Waals surface area contributed by atoms with Crippen molar-refractivity contribution >= 4 is 23.2 Å². The number of halogens is 3. The molecular formula is C21H25F3N8O. The monoisotopic (exact) mass is 462 g/mol. The Labute approximate surface area is 188 Å². The Morgan fingerprint density at radius 1 is 1.06 bits per heavy atom. The number of morpholine rings is 1. The summed E-state index contributed by atoms with van der Waals surface area (Å²) in [4.78, 5) is 23.6. The number of nitrogens with zero attached hydrogens (tertiary/aromatic N) is 8. The molecule has 0 aromatic carbocycles. The fourth-order valence-electron chi connectivity index (χ4n) is 4.37. The number of piperidine rings is 1. The number of alkyl halides is 3. The minimum absolute atomic E-state index is 0.116. The molecule has 0 amide bonds. The van der Waals surface area contributed by atoms with Gasteiger partial charge in [0.2, 0.25) is 5.95 Å². The van der Waals surface area contributed by atoms with Crippen molar-refractivity contribution in [1.29, 1.82) is 0 Å². The van der Waals surface area contributed by atoms with Crippen LogP contribution in [-0.2, 0) is 10.9 Å². The second-order valence-corrected chi connectivity index (χ2v) is 8.27. The zero-order chi connectivity index (χ0) is 23.0. The molecule has 1 unspecified atom stereocenters. The minimum atomic E-state index is -4.50. The van der Waals surface area contributed by atoms with Crippen molar-refractivity contribution in [3.8, 4) is 0 Å². The molecule has 0 radical (unpaired) electrons. The average molecular weight is 462 g/mol. The van der Waals surface area contributed by atoms with Gasteiger partial charge in [0.05, 0.1) is 13.2 Å². The molecule has 0 bridgehead atoms. The number of fused-ring (bicyclic) bond motifs is 1. The van der Waals surface area contributed by atoms with Crippen LogP contribution in [0, 0.1) is 0 Å². The van der Waals surface area contributed by atoms with Gasteiger partial charge in [-0.25, -0.2) is 15.0 Å². The molecule has 0 N–H and O–H groups in total. The number of hydrogen-bond acceptors (Lipinski definition) is 8. The maximum atomic E-state index is 13.2. The van der Waals surface area contributed by atoms with Crippen molar-refractivity contribution in [2.75, 3.05) is 61.1 Å². The summed E-state index contributed by atoms with van der Waals surface area (Å²) in [6.45, 7) is 4.13. The number of aromatic nitrogens is 5. The number of anilines is 3. The molecule has 0 saturated carbocycles. The van der Waals surface area contributed by atoms with E-state index >= 15 is 0 Å². The van der Waals surface area contributed by atoms with E-state index in [1.807, 2.05) is 18.0 Å². The third kappa shape index (κ3) is 4.39. The molecule has 3 aromatic rings. The van der Waals surface area contributed by atoms with E-state index < -0.39 is 11.9 Å². The standard InChI is InChI=1S/C21H25F3N8O/c1-29(17-4-5-26-20(28-17)30-9-11-33-12-10-30)15-3-2-7-31(13-15)18-19-27-16(21(22,23)24)14-32(19)8-6-25-18/h4-6,8,14-15H,2-3,7,9-13H2,1H3. The number of imidazole rings is 1. The van der Waals surface area contributed by atoms with Crippen LogP contribution < -0.4 is 14.7 Å². The largest absolute Gasteiger partial charge is 0.434 e. The Morgan fingerprint density at radius 2 is 1.88 bits per heavy atom. The number of ether oxygens (including phenoxy) is 1. The lowest BCUT2D eigenvalue weighted by molar-refractivity contribution is -0.140. The zero-order valence-electron chi connectivity index (χ0n) is 18.2. The summed E-state index contributed by atoms with van der Waals surface area (Å²) in [5.74, 6) is 1.95. The van der Waals surface area contributed by atoms with Gasteiger partial charge in [0.25, 0.3) is 0 Å². The zero-order valence-corrected chi connectivity index (χ0v) is 18.2. The predicted molar refractivity (Wildman–Crippen MR) is 117 cm³/mol. The van der Waals surface area contributed by atoms with Crippen molar-refractivity contribution in [1.82, 2.24) is 24.3 Å². The van der Waals surface area contributed by atoms with Crippen LogP contribution >= 0.6 is 0 Å². The van der Waals surface area contributed by atoms with Crippen LogP contribution in [0.4, 0.5) is 30.8 Å². The van der Waals surface area contributed by atoms with Gasteiger partial charge in [-0.15, -0.1) is 0 Å². The van der Waals surface area contributed by atoms with Gasteiger partial charge in [0.15, 0.2) is 17.2 Å². The third-order valence-corrected chi connectivity index (χ3v) is 6.17. The minimum Gasteiger partial charge on any atom is -0.378 e. The van der Waals surface area contributed by atoms with Gasteiger partial charge in [-0.05, 0) is 18.9 Å². The first kappa shape index (κ1) is 21.7. The molecule has 2 fully saturated rings. The van der Waals surface area contributed by atoms with Crippen molar-refractivity contribution in [3.05, 3.63) is 36.5 Å². The first-order chi connectivity index (χ1) is 15.9. The molecule has 5 heterocycles. The highest BCUT2D eigenvalue weighted by molar-refractivity contribution is 5.65. The Morgan fingerprint density at radius 3 is 2.67 bits per heavy atom. The van der Waals surface area contributed by atoms with E-state index in [4.69, 9.17) is 9.72 Å². The topological polar surface area (TPSA) is 74.9 Å². The highest BCUT2D eigenvalue weighted by atomic mass is 19.4. The number of rotatable bonds is 4. The summed E-state index contributed by atoms with van der Waals surface area (Å²) in [6.07, 6.45) is 3.08. The Balaban J connectivity index is 1.37. The summed E-state index contributed by atoms with van der Waals surface area (Å²) in [5.41, 5.74) is -0.705. The SMILES string of the molecule is CN(c1ccnc(N2CCOCC2)n1)C1CCCN(c2nccn3cc(C(F)(F)F)nc23)C1. The lowest BCUT2D eigenvalue weighted by Gasteiger charge is -2.39. The van der Waals surface area contributed by atoms with E-state index in [0.29, 0.717) is 38.1 Å². The van der Waals surface area contributed by atoms with E-state index in [1.165, 1.54) is 16.8 Å². The van der Waals surface area contributed by atoms with Crippen LogP contribution in [0.3, 0.4) is 0 Å². The lowest BCUT2D eigenvalue weighted by Crippen LogP contribution is -2.47. The van der Waals surface area contributed by atoms with Crippen molar-refractivity contribution in [2.45, 2.75) is 25.1 Å². The van der Waals surface area contributed by atoms with E-state index in [1.54, 1.807) is 6.20 Å². The molecule has 1 atom stereocenters. The fraction of sp³-hybridized carbons (Fsp3) is 0.524. The Hall–Kier alpha value is -3.15. The average Bonchev–Trinajstić information content (AvgIpc) is 3.30. The molecule has 2 aliphatic heterocycles. The molecule has 2 saturated heterocycles. The number of hydrogen-bond donors (Lipinski definition) is 0. The lowest BCUT2D eigenvalue weighted by atomic mass is 10.0. The van der Waals surface area contributed by atoms with Crippen LogP contribution in [0.1, 0.15) is 18.5 Å². The van der Waals surface area contributed by atoms with Crippen LogP contribution in [0.25, 0.3) is 5.65 Å². The van der Waals surface area contributed by atoms with E-state index in [9.17, 15) is 13.2 Å². The molecule has 0 spiro atoms. The smallest absolute Gasteiger partial charge is 0.378 e. The van der Waals surface area contributed by atoms with Crippen LogP contribution in [-0.4, -0.2) is 76.8 Å². The highest BCUT2D eigenvalue weighted by Crippen LogP contribution is 2.31. The molecule has 0 aliphatic carbocycles. The highest BCUT2D eigenvalue weighted by Gasteiger charge is 2.35. The second kappa shape index (κ2) is 8.65. The van der Waals surface area contributed by atoms with Crippen LogP contribution in [0.5, 0.6) is 0 Å². The fourth-order valence-corrected chi connectivity index (χ4v) is 4.37. The molecule has 3 aromatic heterocycles. The summed E-state index contributed by atoms with van der Waals surface area (Å²) in [5, 5.41) is 0. The van der Waals surface area contributed by atoms with Crippen LogP contribution in [0.15, 0.2) is 30.9 Å². The van der Waals surface area contributed by atoms with Crippen LogP contribution in [0.2, 0.25) is 0 Å². The third-order valence-electron chi connectivity index (χ3n) is 6.17. The van der Waals surface area contributed by atoms with Gasteiger partial charge < -0.3 is 23.8 Å². The quantitative estimate of drug-likeness (QED) is 0.586. The molecule has 2 aliphatic rings. The van der Waals surface area contributed by atoms with Gasteiger partial charge in [-0.1, -0.05) is 0 Å². The molecular weight excluding hydrogens is 437 g/mol. The predicted octanol–water partition coefficient (Wildman–Crippen LogP) is 2.48. The summed E-state index contributed by atoms with van der Waals surface area (Å²) >= 11 is 0. The summed E-state index contributed by atoms with van der Waals surface area (Å²) in [7, 11) is 1.99.